The van der Waals surface area contributed by atoms with Gasteiger partial charge in [0.1, 0.15) is 11.4 Å². The van der Waals surface area contributed by atoms with Crippen LogP contribution in [0.15, 0.2) is 66.7 Å². The Morgan fingerprint density at radius 3 is 2.45 bits per heavy atom. The third-order valence-electron chi connectivity index (χ3n) is 5.97. The van der Waals surface area contributed by atoms with E-state index < -0.39 is 5.60 Å². The van der Waals surface area contributed by atoms with E-state index in [-0.39, 0.29) is 11.8 Å². The lowest BCUT2D eigenvalue weighted by Gasteiger charge is -2.44. The summed E-state index contributed by atoms with van der Waals surface area (Å²) in [6.45, 7) is 1.12. The first kappa shape index (κ1) is 17.7. The van der Waals surface area contributed by atoms with Crippen LogP contribution in [0.2, 0.25) is 0 Å². The molecule has 0 atom stereocenters. The summed E-state index contributed by atoms with van der Waals surface area (Å²) in [7, 11) is 0. The number of hydrogen-bond acceptors (Lipinski definition) is 3. The molecule has 0 aliphatic carbocycles. The van der Waals surface area contributed by atoms with E-state index in [0.717, 1.165) is 16.5 Å². The monoisotopic (exact) mass is 386 g/mol. The van der Waals surface area contributed by atoms with Crippen LogP contribution in [-0.2, 0) is 0 Å². The minimum absolute atomic E-state index is 0.112. The van der Waals surface area contributed by atoms with Gasteiger partial charge in [0.05, 0.1) is 12.0 Å². The van der Waals surface area contributed by atoms with Gasteiger partial charge in [-0.25, -0.2) is 4.79 Å². The van der Waals surface area contributed by atoms with E-state index in [4.69, 9.17) is 4.74 Å². The highest BCUT2D eigenvalue weighted by Crippen LogP contribution is 2.42. The van der Waals surface area contributed by atoms with Crippen LogP contribution in [0.4, 0.5) is 10.5 Å². The smallest absolute Gasteiger partial charge is 0.321 e. The maximum Gasteiger partial charge on any atom is 0.321 e. The molecule has 146 valence electrons. The van der Waals surface area contributed by atoms with Gasteiger partial charge in [-0.05, 0) is 23.6 Å². The number of piperidine rings is 1. The maximum absolute atomic E-state index is 12.9. The molecule has 0 bridgehead atoms. The van der Waals surface area contributed by atoms with Crippen LogP contribution >= 0.6 is 0 Å². The van der Waals surface area contributed by atoms with Gasteiger partial charge in [-0.3, -0.25) is 4.79 Å². The van der Waals surface area contributed by atoms with E-state index in [0.29, 0.717) is 43.7 Å². The predicted octanol–water partition coefficient (Wildman–Crippen LogP) is 4.87. The van der Waals surface area contributed by atoms with E-state index in [9.17, 15) is 9.59 Å². The number of nitrogens with zero attached hydrogens (tertiary/aromatic N) is 1. The summed E-state index contributed by atoms with van der Waals surface area (Å²) in [5.41, 5.74) is 0.915. The van der Waals surface area contributed by atoms with Gasteiger partial charge in [0, 0.05) is 37.0 Å². The van der Waals surface area contributed by atoms with Crippen molar-refractivity contribution in [2.45, 2.75) is 24.9 Å². The number of likely N-dealkylation sites (tertiary alicyclic amines) is 1. The summed E-state index contributed by atoms with van der Waals surface area (Å²) < 4.78 is 6.51. The molecule has 5 nitrogen and oxygen atoms in total. The normalized spacial score (nSPS) is 17.7. The quantitative estimate of drug-likeness (QED) is 0.649. The van der Waals surface area contributed by atoms with Crippen LogP contribution in [0.5, 0.6) is 5.75 Å². The first-order valence-corrected chi connectivity index (χ1v) is 9.99. The molecule has 0 radical (unpaired) electrons. The fourth-order valence-corrected chi connectivity index (χ4v) is 4.33. The Labute approximate surface area is 169 Å². The Kier molecular flexibility index (Phi) is 4.23. The van der Waals surface area contributed by atoms with Crippen molar-refractivity contribution in [1.29, 1.82) is 0 Å². The highest BCUT2D eigenvalue weighted by Gasteiger charge is 2.44. The van der Waals surface area contributed by atoms with E-state index in [1.54, 1.807) is 4.90 Å². The van der Waals surface area contributed by atoms with E-state index in [2.05, 4.69) is 5.32 Å². The Bertz CT molecular complexity index is 1090. The number of para-hydroxylation sites is 1. The molecular weight excluding hydrogens is 364 g/mol. The summed E-state index contributed by atoms with van der Waals surface area (Å²) in [4.78, 5) is 27.3. The standard InChI is InChI=1S/C24H22N2O3/c27-21-16-24(29-22-19-9-5-4-6-17(19)10-11-20(21)22)12-14-26(15-13-24)23(28)25-18-7-2-1-3-8-18/h1-11H,12-16H2,(H,25,28). The number of ketones is 1. The van der Waals surface area contributed by atoms with Crippen molar-refractivity contribution < 1.29 is 14.3 Å². The number of fused-ring (bicyclic) bond motifs is 3. The number of anilines is 1. The molecule has 2 amide bonds. The lowest BCUT2D eigenvalue weighted by atomic mass is 9.82. The van der Waals surface area contributed by atoms with Crippen LogP contribution in [0.3, 0.4) is 0 Å². The third kappa shape index (κ3) is 3.23. The molecule has 0 saturated carbocycles. The Morgan fingerprint density at radius 1 is 0.931 bits per heavy atom. The molecule has 5 heteroatoms. The van der Waals surface area contributed by atoms with Gasteiger partial charge in [0.25, 0.3) is 0 Å². The summed E-state index contributed by atoms with van der Waals surface area (Å²) in [6.07, 6.45) is 1.65. The number of carbonyl (C=O) groups excluding carboxylic acids is 2. The zero-order valence-electron chi connectivity index (χ0n) is 16.1. The van der Waals surface area contributed by atoms with E-state index >= 15 is 0 Å². The molecule has 5 rings (SSSR count). The van der Waals surface area contributed by atoms with Crippen molar-refractivity contribution in [2.75, 3.05) is 18.4 Å². The maximum atomic E-state index is 12.9. The average molecular weight is 386 g/mol. The second-order valence-electron chi connectivity index (χ2n) is 7.83. The van der Waals surface area contributed by atoms with E-state index in [1.807, 2.05) is 66.7 Å². The van der Waals surface area contributed by atoms with E-state index in [1.165, 1.54) is 0 Å². The van der Waals surface area contributed by atoms with Crippen LogP contribution in [0.1, 0.15) is 29.6 Å². The van der Waals surface area contributed by atoms with Crippen molar-refractivity contribution in [3.63, 3.8) is 0 Å². The molecule has 0 unspecified atom stereocenters. The number of Topliss-reactive ketones (excluding diaryl/α,β-unsaturated/α-hetero) is 1. The SMILES string of the molecule is O=C1CC2(CCN(C(=O)Nc3ccccc3)CC2)Oc2c1ccc1ccccc21. The number of benzene rings is 3. The molecule has 3 aromatic carbocycles. The second-order valence-corrected chi connectivity index (χ2v) is 7.83. The molecule has 1 saturated heterocycles. The molecule has 3 aromatic rings. The van der Waals surface area contributed by atoms with Gasteiger partial charge in [-0.1, -0.05) is 48.5 Å². The van der Waals surface area contributed by atoms with Crippen LogP contribution in [0.25, 0.3) is 10.8 Å². The number of rotatable bonds is 1. The van der Waals surface area contributed by atoms with Crippen LogP contribution < -0.4 is 10.1 Å². The number of nitrogens with one attached hydrogen (secondary N) is 1. The molecule has 1 fully saturated rings. The third-order valence-corrected chi connectivity index (χ3v) is 5.97. The topological polar surface area (TPSA) is 58.6 Å². The molecule has 2 heterocycles. The van der Waals surface area contributed by atoms with Gasteiger partial charge >= 0.3 is 6.03 Å². The molecule has 1 spiro atoms. The molecule has 29 heavy (non-hydrogen) atoms. The van der Waals surface area contributed by atoms with Gasteiger partial charge in [-0.2, -0.15) is 0 Å². The van der Waals surface area contributed by atoms with Crippen molar-refractivity contribution in [1.82, 2.24) is 4.90 Å². The lowest BCUT2D eigenvalue weighted by Crippen LogP contribution is -2.53. The zero-order chi connectivity index (χ0) is 19.8. The van der Waals surface area contributed by atoms with Crippen LogP contribution in [-0.4, -0.2) is 35.4 Å². The Morgan fingerprint density at radius 2 is 1.66 bits per heavy atom. The summed E-state index contributed by atoms with van der Waals surface area (Å²) >= 11 is 0. The average Bonchev–Trinajstić information content (AvgIpc) is 2.75. The fraction of sp³-hybridized carbons (Fsp3) is 0.250. The van der Waals surface area contributed by atoms with Crippen molar-refractivity contribution >= 4 is 28.3 Å². The summed E-state index contributed by atoms with van der Waals surface area (Å²) in [5.74, 6) is 0.820. The number of ether oxygens (including phenoxy) is 1. The highest BCUT2D eigenvalue weighted by atomic mass is 16.5. The highest BCUT2D eigenvalue weighted by molar-refractivity contribution is 6.06. The first-order valence-electron chi connectivity index (χ1n) is 9.99. The largest absolute Gasteiger partial charge is 0.485 e. The summed E-state index contributed by atoms with van der Waals surface area (Å²) in [6, 6.07) is 21.2. The van der Waals surface area contributed by atoms with Crippen LogP contribution in [0, 0.1) is 0 Å². The fourth-order valence-electron chi connectivity index (χ4n) is 4.33. The van der Waals surface area contributed by atoms with Crippen molar-refractivity contribution in [3.05, 3.63) is 72.3 Å². The first-order chi connectivity index (χ1) is 14.1. The van der Waals surface area contributed by atoms with Crippen molar-refractivity contribution in [3.8, 4) is 5.75 Å². The predicted molar refractivity (Wildman–Crippen MR) is 113 cm³/mol. The van der Waals surface area contributed by atoms with Gasteiger partial charge in [0.2, 0.25) is 0 Å². The molecule has 1 N–H and O–H groups in total. The number of amides is 2. The summed E-state index contributed by atoms with van der Waals surface area (Å²) in [5, 5.41) is 4.97. The lowest BCUT2D eigenvalue weighted by molar-refractivity contribution is 0.00157. The zero-order valence-corrected chi connectivity index (χ0v) is 16.1. The molecular formula is C24H22N2O3. The number of hydrogen-bond donors (Lipinski definition) is 1. The minimum atomic E-state index is -0.530. The number of urea groups is 1. The molecule has 2 aliphatic heterocycles. The van der Waals surface area contributed by atoms with Gasteiger partial charge in [-0.15, -0.1) is 0 Å². The van der Waals surface area contributed by atoms with Crippen molar-refractivity contribution in [2.24, 2.45) is 0 Å². The second kappa shape index (κ2) is 6.92. The minimum Gasteiger partial charge on any atom is -0.485 e. The molecule has 0 aromatic heterocycles. The van der Waals surface area contributed by atoms with Gasteiger partial charge < -0.3 is 15.0 Å². The number of carbonyl (C=O) groups is 2. The Hall–Kier alpha value is -3.34. The Balaban J connectivity index is 1.34. The molecule has 2 aliphatic rings. The van der Waals surface area contributed by atoms with Gasteiger partial charge in [0.15, 0.2) is 5.78 Å².